The van der Waals surface area contributed by atoms with Gasteiger partial charge in [0.2, 0.25) is 0 Å². The number of halogens is 4. The molecular formula is C8H6F4N2. The third-order valence-corrected chi connectivity index (χ3v) is 1.54. The van der Waals surface area contributed by atoms with E-state index in [-0.39, 0.29) is 5.56 Å². The summed E-state index contributed by atoms with van der Waals surface area (Å²) in [5.74, 6) is 3.73. The molecule has 0 unspecified atom stereocenters. The summed E-state index contributed by atoms with van der Waals surface area (Å²) in [4.78, 5) is 0. The van der Waals surface area contributed by atoms with Gasteiger partial charge in [0.1, 0.15) is 5.82 Å². The summed E-state index contributed by atoms with van der Waals surface area (Å²) in [5.41, 5.74) is -1.12. The van der Waals surface area contributed by atoms with Crippen molar-refractivity contribution in [3.8, 4) is 0 Å². The van der Waals surface area contributed by atoms with Crippen LogP contribution < -0.4 is 5.84 Å². The Morgan fingerprint density at radius 3 is 2.36 bits per heavy atom. The van der Waals surface area contributed by atoms with Crippen molar-refractivity contribution in [3.63, 3.8) is 0 Å². The number of hydrogen-bond acceptors (Lipinski definition) is 2. The summed E-state index contributed by atoms with van der Waals surface area (Å²) in [6.45, 7) is 0. The topological polar surface area (TPSA) is 38.4 Å². The maximum atomic E-state index is 12.9. The Kier molecular flexibility index (Phi) is 2.73. The number of nitrogens with zero attached hydrogens (tertiary/aromatic N) is 1. The summed E-state index contributed by atoms with van der Waals surface area (Å²) in [7, 11) is 0. The summed E-state index contributed by atoms with van der Waals surface area (Å²) in [6, 6.07) is 2.13. The third kappa shape index (κ3) is 2.21. The smallest absolute Gasteiger partial charge is 0.323 e. The highest BCUT2D eigenvalue weighted by molar-refractivity contribution is 5.79. The van der Waals surface area contributed by atoms with Crippen LogP contribution >= 0.6 is 0 Å². The minimum atomic E-state index is -4.54. The van der Waals surface area contributed by atoms with Gasteiger partial charge in [-0.1, -0.05) is 0 Å². The highest BCUT2D eigenvalue weighted by atomic mass is 19.4. The predicted octanol–water partition coefficient (Wildman–Crippen LogP) is 2.14. The summed E-state index contributed by atoms with van der Waals surface area (Å²) < 4.78 is 49.1. The lowest BCUT2D eigenvalue weighted by atomic mass is 10.1. The van der Waals surface area contributed by atoms with Gasteiger partial charge in [-0.15, -0.1) is 0 Å². The number of alkyl halides is 3. The van der Waals surface area contributed by atoms with Gasteiger partial charge >= 0.3 is 6.18 Å². The van der Waals surface area contributed by atoms with Crippen LogP contribution in [0, 0.1) is 5.82 Å². The van der Waals surface area contributed by atoms with Gasteiger partial charge in [0, 0.05) is 5.56 Å². The van der Waals surface area contributed by atoms with Crippen molar-refractivity contribution in [2.24, 2.45) is 10.9 Å². The first-order valence-electron chi connectivity index (χ1n) is 3.55. The zero-order valence-corrected chi connectivity index (χ0v) is 6.85. The molecule has 0 radical (unpaired) electrons. The number of benzene rings is 1. The highest BCUT2D eigenvalue weighted by Crippen LogP contribution is 2.29. The molecule has 0 aliphatic carbocycles. The molecule has 0 saturated heterocycles. The first-order chi connectivity index (χ1) is 6.45. The fraction of sp³-hybridized carbons (Fsp3) is 0.125. The Bertz CT molecular complexity index is 357. The normalized spacial score (nSPS) is 12.3. The molecule has 2 nitrogen and oxygen atoms in total. The van der Waals surface area contributed by atoms with E-state index in [1.165, 1.54) is 0 Å². The van der Waals surface area contributed by atoms with Gasteiger partial charge in [0.15, 0.2) is 0 Å². The molecule has 0 saturated carbocycles. The Morgan fingerprint density at radius 2 is 1.93 bits per heavy atom. The van der Waals surface area contributed by atoms with E-state index in [0.29, 0.717) is 6.07 Å². The van der Waals surface area contributed by atoms with Crippen LogP contribution in [0.3, 0.4) is 0 Å². The standard InChI is InChI=1S/C8H6F4N2/c9-7-3-6(8(10,11)12)2-1-5(7)4-14-13/h1-4H,13H2. The maximum Gasteiger partial charge on any atom is 0.416 e. The minimum Gasteiger partial charge on any atom is -0.323 e. The Morgan fingerprint density at radius 1 is 1.29 bits per heavy atom. The molecule has 0 spiro atoms. The number of rotatable bonds is 1. The molecule has 0 bridgehead atoms. The number of hydrazone groups is 1. The number of nitrogens with two attached hydrogens (primary N) is 1. The van der Waals surface area contributed by atoms with Gasteiger partial charge in [-0.05, 0) is 18.2 Å². The van der Waals surface area contributed by atoms with Crippen LogP contribution in [-0.2, 0) is 6.18 Å². The van der Waals surface area contributed by atoms with Gasteiger partial charge in [0.25, 0.3) is 0 Å². The molecule has 1 aromatic carbocycles. The second-order valence-electron chi connectivity index (χ2n) is 2.51. The average molecular weight is 206 g/mol. The van der Waals surface area contributed by atoms with E-state index < -0.39 is 17.6 Å². The van der Waals surface area contributed by atoms with Crippen LogP contribution in [0.25, 0.3) is 0 Å². The van der Waals surface area contributed by atoms with Gasteiger partial charge in [0.05, 0.1) is 11.8 Å². The van der Waals surface area contributed by atoms with Gasteiger partial charge in [-0.25, -0.2) is 4.39 Å². The van der Waals surface area contributed by atoms with E-state index in [9.17, 15) is 17.6 Å². The molecule has 1 aromatic rings. The zero-order chi connectivity index (χ0) is 10.8. The van der Waals surface area contributed by atoms with Crippen molar-refractivity contribution in [2.45, 2.75) is 6.18 Å². The average Bonchev–Trinajstić information content (AvgIpc) is 2.07. The quantitative estimate of drug-likeness (QED) is 0.325. The second kappa shape index (κ2) is 3.65. The molecule has 2 N–H and O–H groups in total. The molecule has 76 valence electrons. The second-order valence-corrected chi connectivity index (χ2v) is 2.51. The SMILES string of the molecule is NN=Cc1ccc(C(F)(F)F)cc1F. The van der Waals surface area contributed by atoms with Crippen molar-refractivity contribution in [1.29, 1.82) is 0 Å². The van der Waals surface area contributed by atoms with Crippen molar-refractivity contribution in [2.75, 3.05) is 0 Å². The van der Waals surface area contributed by atoms with E-state index in [2.05, 4.69) is 5.10 Å². The van der Waals surface area contributed by atoms with Crippen molar-refractivity contribution in [1.82, 2.24) is 0 Å². The van der Waals surface area contributed by atoms with Gasteiger partial charge < -0.3 is 5.84 Å². The Hall–Kier alpha value is -1.59. The maximum absolute atomic E-state index is 12.9. The van der Waals surface area contributed by atoms with Crippen LogP contribution in [0.15, 0.2) is 23.3 Å². The molecule has 0 aliphatic rings. The molecule has 0 heterocycles. The lowest BCUT2D eigenvalue weighted by molar-refractivity contribution is -0.137. The van der Waals surface area contributed by atoms with Crippen LogP contribution in [0.1, 0.15) is 11.1 Å². The molecule has 0 fully saturated rings. The summed E-state index contributed by atoms with van der Waals surface area (Å²) in [5, 5.41) is 3.01. The van der Waals surface area contributed by atoms with Crippen LogP contribution in [0.2, 0.25) is 0 Å². The van der Waals surface area contributed by atoms with E-state index in [4.69, 9.17) is 5.84 Å². The molecule has 0 amide bonds. The van der Waals surface area contributed by atoms with Crippen LogP contribution in [0.4, 0.5) is 17.6 Å². The monoisotopic (exact) mass is 206 g/mol. The van der Waals surface area contributed by atoms with Crippen molar-refractivity contribution in [3.05, 3.63) is 35.1 Å². The minimum absolute atomic E-state index is 0.0829. The molecule has 6 heteroatoms. The van der Waals surface area contributed by atoms with Crippen molar-refractivity contribution < 1.29 is 17.6 Å². The van der Waals surface area contributed by atoms with Crippen LogP contribution in [0.5, 0.6) is 0 Å². The zero-order valence-electron chi connectivity index (χ0n) is 6.85. The van der Waals surface area contributed by atoms with E-state index in [0.717, 1.165) is 18.3 Å². The first kappa shape index (κ1) is 10.5. The number of hydrogen-bond donors (Lipinski definition) is 1. The predicted molar refractivity (Wildman–Crippen MR) is 43.2 cm³/mol. The third-order valence-electron chi connectivity index (χ3n) is 1.54. The molecular weight excluding hydrogens is 200 g/mol. The summed E-state index contributed by atoms with van der Waals surface area (Å²) in [6.07, 6.45) is -3.60. The van der Waals surface area contributed by atoms with E-state index >= 15 is 0 Å². The fourth-order valence-electron chi connectivity index (χ4n) is 0.888. The molecule has 0 aliphatic heterocycles. The van der Waals surface area contributed by atoms with Crippen molar-refractivity contribution >= 4 is 6.21 Å². The lowest BCUT2D eigenvalue weighted by Crippen LogP contribution is -2.06. The molecule has 0 atom stereocenters. The highest BCUT2D eigenvalue weighted by Gasteiger charge is 2.30. The Labute approximate surface area is 77.0 Å². The lowest BCUT2D eigenvalue weighted by Gasteiger charge is -2.06. The molecule has 1 rings (SSSR count). The van der Waals surface area contributed by atoms with Gasteiger partial charge in [-0.3, -0.25) is 0 Å². The van der Waals surface area contributed by atoms with E-state index in [1.54, 1.807) is 0 Å². The van der Waals surface area contributed by atoms with Crippen LogP contribution in [-0.4, -0.2) is 6.21 Å². The first-order valence-corrected chi connectivity index (χ1v) is 3.55. The molecule has 0 aromatic heterocycles. The largest absolute Gasteiger partial charge is 0.416 e. The fourth-order valence-corrected chi connectivity index (χ4v) is 0.888. The summed E-state index contributed by atoms with van der Waals surface area (Å²) >= 11 is 0. The Balaban J connectivity index is 3.13. The molecule has 14 heavy (non-hydrogen) atoms. The van der Waals surface area contributed by atoms with Gasteiger partial charge in [-0.2, -0.15) is 18.3 Å². The van der Waals surface area contributed by atoms with E-state index in [1.807, 2.05) is 0 Å².